The number of nitrogens with zero attached hydrogens (tertiary/aromatic N) is 1. The minimum Gasteiger partial charge on any atom is -0.464 e. The van der Waals surface area contributed by atoms with Crippen molar-refractivity contribution in [2.24, 2.45) is 0 Å². The van der Waals surface area contributed by atoms with Crippen molar-refractivity contribution in [3.05, 3.63) is 42.8 Å². The van der Waals surface area contributed by atoms with Gasteiger partial charge in [0.05, 0.1) is 11.8 Å². The third-order valence-electron chi connectivity index (χ3n) is 2.18. The van der Waals surface area contributed by atoms with Crippen LogP contribution in [0.4, 0.5) is 0 Å². The molecule has 0 saturated heterocycles. The Morgan fingerprint density at radius 2 is 2.00 bits per heavy atom. The summed E-state index contributed by atoms with van der Waals surface area (Å²) in [6.45, 7) is 0. The summed E-state index contributed by atoms with van der Waals surface area (Å²) in [7, 11) is 0. The lowest BCUT2D eigenvalue weighted by Gasteiger charge is -1.89. The van der Waals surface area contributed by atoms with Gasteiger partial charge in [-0.05, 0) is 6.07 Å². The molecular formula is C11H7NO2. The third kappa shape index (κ3) is 0.956. The smallest absolute Gasteiger partial charge is 0.170 e. The molecule has 2 aromatic heterocycles. The molecule has 0 saturated carbocycles. The van der Waals surface area contributed by atoms with Gasteiger partial charge in [0, 0.05) is 11.5 Å². The number of furan rings is 1. The van der Waals surface area contributed by atoms with Crippen LogP contribution in [0.1, 0.15) is 0 Å². The van der Waals surface area contributed by atoms with Gasteiger partial charge in [-0.3, -0.25) is 0 Å². The maximum atomic E-state index is 5.39. The Labute approximate surface area is 79.9 Å². The Kier molecular flexibility index (Phi) is 1.44. The quantitative estimate of drug-likeness (QED) is 0.584. The van der Waals surface area contributed by atoms with Gasteiger partial charge in [0.2, 0.25) is 0 Å². The Bertz CT molecular complexity index is 551. The SMILES string of the molecule is c1ccc2c(-c3ccno3)coc2c1. The molecule has 0 atom stereocenters. The van der Waals surface area contributed by atoms with Crippen LogP contribution in [0.15, 0.2) is 51.7 Å². The van der Waals surface area contributed by atoms with Crippen LogP contribution in [0, 0.1) is 0 Å². The summed E-state index contributed by atoms with van der Waals surface area (Å²) < 4.78 is 10.5. The van der Waals surface area contributed by atoms with Gasteiger partial charge in [0.1, 0.15) is 11.8 Å². The van der Waals surface area contributed by atoms with E-state index in [2.05, 4.69) is 5.16 Å². The zero-order valence-corrected chi connectivity index (χ0v) is 7.31. The monoisotopic (exact) mass is 185 g/mol. The number of hydrogen-bond donors (Lipinski definition) is 0. The molecule has 0 spiro atoms. The maximum Gasteiger partial charge on any atom is 0.170 e. The lowest BCUT2D eigenvalue weighted by Crippen LogP contribution is -1.69. The second kappa shape index (κ2) is 2.73. The Morgan fingerprint density at radius 3 is 2.86 bits per heavy atom. The molecule has 14 heavy (non-hydrogen) atoms. The minimum atomic E-state index is 0.731. The molecule has 0 unspecified atom stereocenters. The molecule has 3 heteroatoms. The van der Waals surface area contributed by atoms with Crippen molar-refractivity contribution in [2.75, 3.05) is 0 Å². The molecule has 3 aromatic rings. The van der Waals surface area contributed by atoms with Crippen LogP contribution in [0.3, 0.4) is 0 Å². The zero-order valence-electron chi connectivity index (χ0n) is 7.31. The van der Waals surface area contributed by atoms with Crippen molar-refractivity contribution in [1.29, 1.82) is 0 Å². The fourth-order valence-electron chi connectivity index (χ4n) is 1.52. The van der Waals surface area contributed by atoms with E-state index >= 15 is 0 Å². The number of aromatic nitrogens is 1. The van der Waals surface area contributed by atoms with Gasteiger partial charge >= 0.3 is 0 Å². The van der Waals surface area contributed by atoms with Gasteiger partial charge in [0.25, 0.3) is 0 Å². The second-order valence-electron chi connectivity index (χ2n) is 3.02. The first-order valence-electron chi connectivity index (χ1n) is 4.32. The molecule has 3 nitrogen and oxygen atoms in total. The van der Waals surface area contributed by atoms with Crippen LogP contribution in [-0.4, -0.2) is 5.16 Å². The van der Waals surface area contributed by atoms with Crippen LogP contribution < -0.4 is 0 Å². The van der Waals surface area contributed by atoms with Crippen LogP contribution in [0.2, 0.25) is 0 Å². The Morgan fingerprint density at radius 1 is 1.07 bits per heavy atom. The van der Waals surface area contributed by atoms with Gasteiger partial charge in [-0.25, -0.2) is 0 Å². The van der Waals surface area contributed by atoms with E-state index in [4.69, 9.17) is 8.94 Å². The van der Waals surface area contributed by atoms with E-state index in [9.17, 15) is 0 Å². The molecule has 0 aliphatic rings. The summed E-state index contributed by atoms with van der Waals surface area (Å²) >= 11 is 0. The maximum absolute atomic E-state index is 5.39. The molecule has 0 bridgehead atoms. The van der Waals surface area contributed by atoms with E-state index in [1.165, 1.54) is 0 Å². The lowest BCUT2D eigenvalue weighted by atomic mass is 10.1. The van der Waals surface area contributed by atoms with Gasteiger partial charge in [-0.1, -0.05) is 23.4 Å². The van der Waals surface area contributed by atoms with Gasteiger partial charge in [-0.15, -0.1) is 0 Å². The lowest BCUT2D eigenvalue weighted by molar-refractivity contribution is 0.432. The highest BCUT2D eigenvalue weighted by atomic mass is 16.5. The molecule has 0 aliphatic carbocycles. The molecule has 0 amide bonds. The van der Waals surface area contributed by atoms with Crippen LogP contribution in [-0.2, 0) is 0 Å². The molecule has 1 aromatic carbocycles. The molecule has 0 radical (unpaired) electrons. The van der Waals surface area contributed by atoms with Crippen LogP contribution in [0.5, 0.6) is 0 Å². The summed E-state index contributed by atoms with van der Waals surface area (Å²) in [5.74, 6) is 0.731. The van der Waals surface area contributed by atoms with Crippen molar-refractivity contribution < 1.29 is 8.94 Å². The molecule has 3 rings (SSSR count). The van der Waals surface area contributed by atoms with Crippen molar-refractivity contribution in [3.8, 4) is 11.3 Å². The Balaban J connectivity index is 2.33. The highest BCUT2D eigenvalue weighted by molar-refractivity contribution is 5.92. The topological polar surface area (TPSA) is 39.2 Å². The minimum absolute atomic E-state index is 0.731. The van der Waals surface area contributed by atoms with E-state index in [0.717, 1.165) is 22.3 Å². The van der Waals surface area contributed by atoms with E-state index in [1.807, 2.05) is 30.3 Å². The standard InChI is InChI=1S/C11H7NO2/c1-2-4-10-8(3-1)9(7-13-10)11-5-6-12-14-11/h1-7H. The highest BCUT2D eigenvalue weighted by Gasteiger charge is 2.09. The number of fused-ring (bicyclic) bond motifs is 1. The predicted molar refractivity (Wildman–Crippen MR) is 51.7 cm³/mol. The van der Waals surface area contributed by atoms with E-state index in [1.54, 1.807) is 12.5 Å². The normalized spacial score (nSPS) is 10.9. The number of benzene rings is 1. The average Bonchev–Trinajstić information content (AvgIpc) is 2.85. The predicted octanol–water partition coefficient (Wildman–Crippen LogP) is 3.09. The first kappa shape index (κ1) is 7.38. The van der Waals surface area contributed by atoms with Gasteiger partial charge in [0.15, 0.2) is 5.76 Å². The van der Waals surface area contributed by atoms with Crippen molar-refractivity contribution in [3.63, 3.8) is 0 Å². The molecule has 0 N–H and O–H groups in total. The molecule has 2 heterocycles. The molecular weight excluding hydrogens is 178 g/mol. The van der Waals surface area contributed by atoms with Crippen LogP contribution in [0.25, 0.3) is 22.3 Å². The second-order valence-corrected chi connectivity index (χ2v) is 3.02. The summed E-state index contributed by atoms with van der Waals surface area (Å²) in [6.07, 6.45) is 3.31. The molecule has 0 aliphatic heterocycles. The highest BCUT2D eigenvalue weighted by Crippen LogP contribution is 2.29. The van der Waals surface area contributed by atoms with Crippen LogP contribution >= 0.6 is 0 Å². The average molecular weight is 185 g/mol. The van der Waals surface area contributed by atoms with Crippen molar-refractivity contribution >= 4 is 11.0 Å². The summed E-state index contributed by atoms with van der Waals surface area (Å²) in [5, 5.41) is 4.71. The largest absolute Gasteiger partial charge is 0.464 e. The zero-order chi connectivity index (χ0) is 9.38. The Hall–Kier alpha value is -2.03. The molecule has 0 fully saturated rings. The summed E-state index contributed by atoms with van der Waals surface area (Å²) in [4.78, 5) is 0. The number of rotatable bonds is 1. The van der Waals surface area contributed by atoms with Crippen molar-refractivity contribution in [2.45, 2.75) is 0 Å². The number of para-hydroxylation sites is 1. The van der Waals surface area contributed by atoms with E-state index in [-0.39, 0.29) is 0 Å². The number of hydrogen-bond acceptors (Lipinski definition) is 3. The fourth-order valence-corrected chi connectivity index (χ4v) is 1.52. The first-order chi connectivity index (χ1) is 6.95. The fraction of sp³-hybridized carbons (Fsp3) is 0. The summed E-state index contributed by atoms with van der Waals surface area (Å²) in [6, 6.07) is 9.65. The summed E-state index contributed by atoms with van der Waals surface area (Å²) in [5.41, 5.74) is 1.80. The first-order valence-corrected chi connectivity index (χ1v) is 4.32. The van der Waals surface area contributed by atoms with Gasteiger partial charge in [-0.2, -0.15) is 0 Å². The van der Waals surface area contributed by atoms with E-state index in [0.29, 0.717) is 0 Å². The van der Waals surface area contributed by atoms with Gasteiger partial charge < -0.3 is 8.94 Å². The molecule has 68 valence electrons. The van der Waals surface area contributed by atoms with Crippen molar-refractivity contribution in [1.82, 2.24) is 5.16 Å². The van der Waals surface area contributed by atoms with E-state index < -0.39 is 0 Å². The third-order valence-corrected chi connectivity index (χ3v) is 2.18.